The lowest BCUT2D eigenvalue weighted by Gasteiger charge is -2.13. The first-order valence-corrected chi connectivity index (χ1v) is 6.27. The quantitative estimate of drug-likeness (QED) is 0.751. The minimum Gasteiger partial charge on any atom is -0.269 e. The van der Waals surface area contributed by atoms with Gasteiger partial charge < -0.3 is 0 Å². The zero-order chi connectivity index (χ0) is 13.4. The van der Waals surface area contributed by atoms with Gasteiger partial charge >= 0.3 is 0 Å². The third kappa shape index (κ3) is 2.14. The molecular formula is C12H9Cl3N2O. The molecule has 3 nitrogen and oxygen atoms in total. The van der Waals surface area contributed by atoms with Crippen LogP contribution in [0.25, 0.3) is 5.69 Å². The first kappa shape index (κ1) is 13.4. The van der Waals surface area contributed by atoms with Crippen LogP contribution in [0, 0.1) is 13.8 Å². The molecule has 0 aliphatic rings. The summed E-state index contributed by atoms with van der Waals surface area (Å²) in [5.74, 6) is 0.458. The van der Waals surface area contributed by atoms with Crippen LogP contribution in [-0.2, 0) is 0 Å². The smallest absolute Gasteiger partial charge is 0.262 e. The predicted octanol–water partition coefficient (Wildman–Crippen LogP) is 3.81. The predicted molar refractivity (Wildman–Crippen MR) is 74.3 cm³/mol. The lowest BCUT2D eigenvalue weighted by molar-refractivity contribution is 0.856. The topological polar surface area (TPSA) is 34.9 Å². The molecule has 0 N–H and O–H groups in total. The maximum Gasteiger partial charge on any atom is 0.262 e. The number of hydrogen-bond acceptors (Lipinski definition) is 2. The minimum atomic E-state index is -0.253. The summed E-state index contributed by atoms with van der Waals surface area (Å²) in [7, 11) is 0. The van der Waals surface area contributed by atoms with Crippen LogP contribution in [0.4, 0.5) is 0 Å². The third-order valence-electron chi connectivity index (χ3n) is 2.59. The molecular weight excluding hydrogens is 295 g/mol. The summed E-state index contributed by atoms with van der Waals surface area (Å²) in [6.07, 6.45) is 0. The highest BCUT2D eigenvalue weighted by Gasteiger charge is 2.14. The van der Waals surface area contributed by atoms with E-state index in [0.717, 1.165) is 0 Å². The highest BCUT2D eigenvalue weighted by Crippen LogP contribution is 2.28. The summed E-state index contributed by atoms with van der Waals surface area (Å²) < 4.78 is 1.40. The first-order chi connectivity index (χ1) is 8.43. The number of nitrogens with zero attached hydrogens (tertiary/aromatic N) is 2. The van der Waals surface area contributed by atoms with Gasteiger partial charge in [0.1, 0.15) is 11.0 Å². The molecule has 1 aromatic heterocycles. The number of rotatable bonds is 1. The molecule has 6 heteroatoms. The Morgan fingerprint density at radius 3 is 2.50 bits per heavy atom. The molecule has 1 aromatic carbocycles. The largest absolute Gasteiger partial charge is 0.269 e. The molecule has 0 aliphatic carbocycles. The molecule has 18 heavy (non-hydrogen) atoms. The van der Waals surface area contributed by atoms with E-state index in [-0.39, 0.29) is 10.7 Å². The summed E-state index contributed by atoms with van der Waals surface area (Å²) in [4.78, 5) is 16.3. The summed E-state index contributed by atoms with van der Waals surface area (Å²) in [6.45, 7) is 3.30. The van der Waals surface area contributed by atoms with Gasteiger partial charge in [0.15, 0.2) is 0 Å². The molecule has 0 amide bonds. The Morgan fingerprint density at radius 2 is 1.83 bits per heavy atom. The summed E-state index contributed by atoms with van der Waals surface area (Å²) >= 11 is 17.9. The number of aromatic nitrogens is 2. The lowest BCUT2D eigenvalue weighted by Crippen LogP contribution is -2.24. The second-order valence-corrected chi connectivity index (χ2v) is 4.93. The zero-order valence-electron chi connectivity index (χ0n) is 9.67. The molecule has 0 saturated carbocycles. The highest BCUT2D eigenvalue weighted by molar-refractivity contribution is 6.43. The van der Waals surface area contributed by atoms with Crippen molar-refractivity contribution >= 4 is 34.8 Å². The summed E-state index contributed by atoms with van der Waals surface area (Å²) in [6, 6.07) is 5.08. The number of hydrogen-bond donors (Lipinski definition) is 0. The molecule has 2 rings (SSSR count). The molecule has 1 heterocycles. The lowest BCUT2D eigenvalue weighted by atomic mass is 10.3. The van der Waals surface area contributed by atoms with Gasteiger partial charge in [0.05, 0.1) is 21.3 Å². The molecule has 0 bridgehead atoms. The van der Waals surface area contributed by atoms with Crippen molar-refractivity contribution < 1.29 is 0 Å². The van der Waals surface area contributed by atoms with E-state index in [1.165, 1.54) is 4.57 Å². The maximum atomic E-state index is 12.2. The molecule has 0 spiro atoms. The average molecular weight is 304 g/mol. The normalized spacial score (nSPS) is 10.7. The second kappa shape index (κ2) is 4.92. The molecule has 0 saturated heterocycles. The Kier molecular flexibility index (Phi) is 3.66. The van der Waals surface area contributed by atoms with Crippen LogP contribution >= 0.6 is 34.8 Å². The number of benzene rings is 1. The summed E-state index contributed by atoms with van der Waals surface area (Å²) in [5, 5.41) is 0.896. The van der Waals surface area contributed by atoms with Gasteiger partial charge in [-0.15, -0.1) is 0 Å². The van der Waals surface area contributed by atoms with Crippen LogP contribution in [-0.4, -0.2) is 9.55 Å². The molecule has 0 aliphatic heterocycles. The fourth-order valence-electron chi connectivity index (χ4n) is 1.63. The average Bonchev–Trinajstić information content (AvgIpc) is 2.32. The van der Waals surface area contributed by atoms with E-state index < -0.39 is 0 Å². The van der Waals surface area contributed by atoms with E-state index >= 15 is 0 Å². The van der Waals surface area contributed by atoms with Gasteiger partial charge in [-0.05, 0) is 26.0 Å². The van der Waals surface area contributed by atoms with Gasteiger partial charge in [-0.25, -0.2) is 4.98 Å². The molecule has 0 unspecified atom stereocenters. The zero-order valence-corrected chi connectivity index (χ0v) is 11.9. The van der Waals surface area contributed by atoms with Gasteiger partial charge in [0, 0.05) is 0 Å². The molecule has 0 atom stereocenters. The van der Waals surface area contributed by atoms with Crippen molar-refractivity contribution in [2.75, 3.05) is 0 Å². The van der Waals surface area contributed by atoms with Crippen molar-refractivity contribution in [3.05, 3.63) is 55.1 Å². The molecule has 2 aromatic rings. The van der Waals surface area contributed by atoms with E-state index in [0.29, 0.717) is 27.1 Å². The van der Waals surface area contributed by atoms with Crippen molar-refractivity contribution in [1.29, 1.82) is 0 Å². The van der Waals surface area contributed by atoms with Gasteiger partial charge in [0.2, 0.25) is 0 Å². The Hall–Kier alpha value is -1.03. The van der Waals surface area contributed by atoms with Crippen LogP contribution < -0.4 is 5.56 Å². The standard InChI is InChI=1S/C12H9Cl3N2O/c1-6-11(15)16-7(2)17(12(6)18)9-5-3-4-8(13)10(9)14/h3-5H,1-2H3. The van der Waals surface area contributed by atoms with Crippen LogP contribution in [0.3, 0.4) is 0 Å². The Bertz CT molecular complexity index is 680. The third-order valence-corrected chi connectivity index (χ3v) is 3.77. The van der Waals surface area contributed by atoms with Gasteiger partial charge in [-0.1, -0.05) is 40.9 Å². The van der Waals surface area contributed by atoms with Gasteiger partial charge in [-0.3, -0.25) is 9.36 Å². The Balaban J connectivity index is 2.84. The second-order valence-electron chi connectivity index (χ2n) is 3.79. The van der Waals surface area contributed by atoms with E-state index in [1.807, 2.05) is 0 Å². The highest BCUT2D eigenvalue weighted by atomic mass is 35.5. The van der Waals surface area contributed by atoms with E-state index in [9.17, 15) is 4.79 Å². The van der Waals surface area contributed by atoms with Crippen molar-refractivity contribution in [2.45, 2.75) is 13.8 Å². The SMILES string of the molecule is Cc1c(Cl)nc(C)n(-c2cccc(Cl)c2Cl)c1=O. The fraction of sp³-hybridized carbons (Fsp3) is 0.167. The van der Waals surface area contributed by atoms with Crippen molar-refractivity contribution in [3.63, 3.8) is 0 Å². The van der Waals surface area contributed by atoms with E-state index in [4.69, 9.17) is 34.8 Å². The van der Waals surface area contributed by atoms with Crippen LogP contribution in [0.5, 0.6) is 0 Å². The van der Waals surface area contributed by atoms with Crippen molar-refractivity contribution in [3.8, 4) is 5.69 Å². The monoisotopic (exact) mass is 302 g/mol. The Morgan fingerprint density at radius 1 is 1.17 bits per heavy atom. The molecule has 94 valence electrons. The number of halogens is 3. The van der Waals surface area contributed by atoms with Crippen LogP contribution in [0.2, 0.25) is 15.2 Å². The van der Waals surface area contributed by atoms with Crippen LogP contribution in [0.1, 0.15) is 11.4 Å². The van der Waals surface area contributed by atoms with Crippen molar-refractivity contribution in [2.24, 2.45) is 0 Å². The fourth-order valence-corrected chi connectivity index (χ4v) is 2.21. The maximum absolute atomic E-state index is 12.2. The minimum absolute atomic E-state index is 0.201. The van der Waals surface area contributed by atoms with Crippen LogP contribution in [0.15, 0.2) is 23.0 Å². The molecule has 0 fully saturated rings. The number of aryl methyl sites for hydroxylation is 1. The van der Waals surface area contributed by atoms with E-state index in [2.05, 4.69) is 4.98 Å². The van der Waals surface area contributed by atoms with E-state index in [1.54, 1.807) is 32.0 Å². The first-order valence-electron chi connectivity index (χ1n) is 5.13. The summed E-state index contributed by atoms with van der Waals surface area (Å²) in [5.41, 5.74) is 0.619. The van der Waals surface area contributed by atoms with Gasteiger partial charge in [-0.2, -0.15) is 0 Å². The van der Waals surface area contributed by atoms with Gasteiger partial charge in [0.25, 0.3) is 5.56 Å². The Labute approximate surface area is 119 Å². The molecule has 0 radical (unpaired) electrons. The van der Waals surface area contributed by atoms with Crippen molar-refractivity contribution in [1.82, 2.24) is 9.55 Å².